The summed E-state index contributed by atoms with van der Waals surface area (Å²) in [5, 5.41) is 3.39. The molecule has 0 saturated carbocycles. The van der Waals surface area contributed by atoms with Crippen molar-refractivity contribution in [3.63, 3.8) is 0 Å². The van der Waals surface area contributed by atoms with E-state index in [1.165, 1.54) is 38.5 Å². The Kier molecular flexibility index (Phi) is 5.95. The van der Waals surface area contributed by atoms with Crippen LogP contribution >= 0.6 is 0 Å². The summed E-state index contributed by atoms with van der Waals surface area (Å²) in [4.78, 5) is 16.7. The third kappa shape index (κ3) is 4.37. The fourth-order valence-corrected chi connectivity index (χ4v) is 3.18. The number of amides is 2. The molecule has 0 aromatic carbocycles. The van der Waals surface area contributed by atoms with Crippen molar-refractivity contribution in [2.45, 2.75) is 45.4 Å². The third-order valence-corrected chi connectivity index (χ3v) is 4.47. The summed E-state index contributed by atoms with van der Waals surface area (Å²) in [6.45, 7) is 8.05. The van der Waals surface area contributed by atoms with Crippen molar-refractivity contribution in [3.8, 4) is 0 Å². The lowest BCUT2D eigenvalue weighted by Crippen LogP contribution is -2.46. The Bertz CT molecular complexity index is 269. The third-order valence-electron chi connectivity index (χ3n) is 4.47. The normalized spacial score (nSPS) is 22.1. The van der Waals surface area contributed by atoms with Gasteiger partial charge in [0.15, 0.2) is 0 Å². The van der Waals surface area contributed by atoms with Crippen LogP contribution in [0.3, 0.4) is 0 Å². The van der Waals surface area contributed by atoms with E-state index in [-0.39, 0.29) is 6.03 Å². The van der Waals surface area contributed by atoms with Crippen LogP contribution in [0, 0.1) is 5.92 Å². The lowest BCUT2D eigenvalue weighted by Gasteiger charge is -2.33. The molecule has 0 spiro atoms. The van der Waals surface area contributed by atoms with Gasteiger partial charge in [0, 0.05) is 26.2 Å². The number of urea groups is 1. The molecule has 2 aliphatic rings. The number of carbonyl (C=O) groups is 1. The monoisotopic (exact) mass is 267 g/mol. The summed E-state index contributed by atoms with van der Waals surface area (Å²) in [5.41, 5.74) is 0. The van der Waals surface area contributed by atoms with Gasteiger partial charge in [0.05, 0.1) is 0 Å². The van der Waals surface area contributed by atoms with E-state index >= 15 is 0 Å². The summed E-state index contributed by atoms with van der Waals surface area (Å²) < 4.78 is 0. The molecule has 0 bridgehead atoms. The largest absolute Gasteiger partial charge is 0.325 e. The highest BCUT2D eigenvalue weighted by Gasteiger charge is 2.24. The second-order valence-corrected chi connectivity index (χ2v) is 5.92. The smallest absolute Gasteiger partial charge is 0.319 e. The van der Waals surface area contributed by atoms with E-state index in [0.717, 1.165) is 39.3 Å². The average Bonchev–Trinajstić information content (AvgIpc) is 2.74. The van der Waals surface area contributed by atoms with E-state index in [1.807, 2.05) is 0 Å². The zero-order valence-corrected chi connectivity index (χ0v) is 12.4. The molecule has 2 aliphatic heterocycles. The van der Waals surface area contributed by atoms with Crippen LogP contribution in [-0.2, 0) is 0 Å². The molecule has 0 aliphatic carbocycles. The van der Waals surface area contributed by atoms with Crippen LogP contribution in [0.25, 0.3) is 0 Å². The van der Waals surface area contributed by atoms with E-state index in [1.54, 1.807) is 0 Å². The maximum atomic E-state index is 12.6. The van der Waals surface area contributed by atoms with Gasteiger partial charge in [0.2, 0.25) is 0 Å². The topological polar surface area (TPSA) is 35.6 Å². The highest BCUT2D eigenvalue weighted by Crippen LogP contribution is 2.16. The molecule has 0 aromatic heterocycles. The maximum Gasteiger partial charge on any atom is 0.319 e. The van der Waals surface area contributed by atoms with Gasteiger partial charge in [0.25, 0.3) is 0 Å². The highest BCUT2D eigenvalue weighted by molar-refractivity contribution is 5.74. The Morgan fingerprint density at radius 2 is 1.79 bits per heavy atom. The van der Waals surface area contributed by atoms with Crippen LogP contribution in [0.15, 0.2) is 0 Å². The van der Waals surface area contributed by atoms with E-state index in [4.69, 9.17) is 0 Å². The minimum absolute atomic E-state index is 0.280. The highest BCUT2D eigenvalue weighted by atomic mass is 16.2. The number of hydrogen-bond acceptors (Lipinski definition) is 2. The van der Waals surface area contributed by atoms with Crippen LogP contribution in [0.2, 0.25) is 0 Å². The minimum atomic E-state index is 0.280. The molecule has 0 unspecified atom stereocenters. The molecule has 0 atom stereocenters. The van der Waals surface area contributed by atoms with Gasteiger partial charge in [-0.3, -0.25) is 0 Å². The van der Waals surface area contributed by atoms with Crippen molar-refractivity contribution >= 4 is 6.03 Å². The molecule has 1 N–H and O–H groups in total. The van der Waals surface area contributed by atoms with E-state index in [2.05, 4.69) is 22.0 Å². The molecular weight excluding hydrogens is 238 g/mol. The number of likely N-dealkylation sites (tertiary alicyclic amines) is 1. The molecule has 2 fully saturated rings. The lowest BCUT2D eigenvalue weighted by atomic mass is 9.97. The van der Waals surface area contributed by atoms with Gasteiger partial charge in [-0.05, 0) is 51.6 Å². The number of hydrogen-bond donors (Lipinski definition) is 1. The fraction of sp³-hybridized carbons (Fsp3) is 0.933. The second-order valence-electron chi connectivity index (χ2n) is 5.92. The Morgan fingerprint density at radius 1 is 1.16 bits per heavy atom. The minimum Gasteiger partial charge on any atom is -0.325 e. The SMILES string of the molecule is CCN(CC1CCNCC1)C(=O)N1CCCCCC1. The molecule has 2 heterocycles. The molecule has 0 aromatic rings. The van der Waals surface area contributed by atoms with Gasteiger partial charge >= 0.3 is 6.03 Å². The van der Waals surface area contributed by atoms with E-state index in [0.29, 0.717) is 5.92 Å². The van der Waals surface area contributed by atoms with Crippen LogP contribution in [0.5, 0.6) is 0 Å². The van der Waals surface area contributed by atoms with Crippen molar-refractivity contribution in [3.05, 3.63) is 0 Å². The summed E-state index contributed by atoms with van der Waals surface area (Å²) in [5.74, 6) is 0.692. The van der Waals surface area contributed by atoms with Gasteiger partial charge in [-0.2, -0.15) is 0 Å². The van der Waals surface area contributed by atoms with Crippen LogP contribution in [0.4, 0.5) is 4.79 Å². The number of carbonyl (C=O) groups excluding carboxylic acids is 1. The predicted molar refractivity (Wildman–Crippen MR) is 78.3 cm³/mol. The Labute approximate surface area is 117 Å². The first-order chi connectivity index (χ1) is 9.31. The Balaban J connectivity index is 1.85. The van der Waals surface area contributed by atoms with Crippen LogP contribution in [0.1, 0.15) is 45.4 Å². The van der Waals surface area contributed by atoms with Crippen molar-refractivity contribution in [1.82, 2.24) is 15.1 Å². The van der Waals surface area contributed by atoms with Crippen LogP contribution in [-0.4, -0.2) is 55.1 Å². The van der Waals surface area contributed by atoms with Gasteiger partial charge in [-0.25, -0.2) is 4.79 Å². The van der Waals surface area contributed by atoms with Crippen LogP contribution < -0.4 is 5.32 Å². The Morgan fingerprint density at radius 3 is 2.37 bits per heavy atom. The molecule has 2 amide bonds. The molecule has 0 radical (unpaired) electrons. The molecule has 4 nitrogen and oxygen atoms in total. The Hall–Kier alpha value is -0.770. The predicted octanol–water partition coefficient (Wildman–Crippen LogP) is 2.30. The molecule has 2 rings (SSSR count). The summed E-state index contributed by atoms with van der Waals surface area (Å²) in [6.07, 6.45) is 7.34. The fourth-order valence-electron chi connectivity index (χ4n) is 3.18. The first-order valence-electron chi connectivity index (χ1n) is 8.06. The van der Waals surface area contributed by atoms with Crippen molar-refractivity contribution in [2.24, 2.45) is 5.92 Å². The maximum absolute atomic E-state index is 12.6. The zero-order chi connectivity index (χ0) is 13.5. The lowest BCUT2D eigenvalue weighted by molar-refractivity contribution is 0.144. The van der Waals surface area contributed by atoms with Crippen molar-refractivity contribution in [1.29, 1.82) is 0 Å². The summed E-state index contributed by atoms with van der Waals surface area (Å²) in [7, 11) is 0. The number of nitrogens with zero attached hydrogens (tertiary/aromatic N) is 2. The summed E-state index contributed by atoms with van der Waals surface area (Å²) >= 11 is 0. The van der Waals surface area contributed by atoms with Gasteiger partial charge in [-0.1, -0.05) is 12.8 Å². The quantitative estimate of drug-likeness (QED) is 0.851. The standard InChI is InChI=1S/C15H29N3O/c1-2-17(13-14-7-9-16-10-8-14)15(19)18-11-5-3-4-6-12-18/h14,16H,2-13H2,1H3. The molecule has 4 heteroatoms. The second kappa shape index (κ2) is 7.73. The van der Waals surface area contributed by atoms with Gasteiger partial charge < -0.3 is 15.1 Å². The average molecular weight is 267 g/mol. The molecule has 19 heavy (non-hydrogen) atoms. The van der Waals surface area contributed by atoms with E-state index < -0.39 is 0 Å². The first kappa shape index (κ1) is 14.6. The molecule has 2 saturated heterocycles. The van der Waals surface area contributed by atoms with E-state index in [9.17, 15) is 4.79 Å². The summed E-state index contributed by atoms with van der Waals surface area (Å²) in [6, 6.07) is 0.280. The van der Waals surface area contributed by atoms with Crippen molar-refractivity contribution in [2.75, 3.05) is 39.3 Å². The molecular formula is C15H29N3O. The first-order valence-corrected chi connectivity index (χ1v) is 8.06. The number of rotatable bonds is 3. The van der Waals surface area contributed by atoms with Gasteiger partial charge in [0.1, 0.15) is 0 Å². The van der Waals surface area contributed by atoms with Crippen molar-refractivity contribution < 1.29 is 4.79 Å². The molecule has 110 valence electrons. The zero-order valence-electron chi connectivity index (χ0n) is 12.4. The number of piperidine rings is 1. The number of nitrogens with one attached hydrogen (secondary N) is 1. The van der Waals surface area contributed by atoms with Gasteiger partial charge in [-0.15, -0.1) is 0 Å².